The number of nitrogens with one attached hydrogen (secondary N) is 1. The van der Waals surface area contributed by atoms with Crippen LogP contribution in [0.2, 0.25) is 0 Å². The molecule has 0 unspecified atom stereocenters. The molecule has 0 radical (unpaired) electrons. The van der Waals surface area contributed by atoms with Crippen LogP contribution < -0.4 is 10.1 Å². The number of esters is 1. The van der Waals surface area contributed by atoms with E-state index in [1.165, 1.54) is 11.3 Å². The average Bonchev–Trinajstić information content (AvgIpc) is 3.13. The van der Waals surface area contributed by atoms with Crippen LogP contribution in [-0.4, -0.2) is 31.6 Å². The number of carbonyl (C=O) groups is 2. The lowest BCUT2D eigenvalue weighted by molar-refractivity contribution is -0.129. The standard InChI is InChI=1S/C21H21NO4S/c1-14(20(23)22-12-11-15-7-9-17(25-2)10-8-15)26-21(24)19-13-16-5-3-4-6-18(16)27-19/h3-10,13-14H,11-12H2,1-2H3,(H,22,23)/t14-/m0/s1. The maximum Gasteiger partial charge on any atom is 0.349 e. The normalized spacial score (nSPS) is 11.8. The zero-order valence-corrected chi connectivity index (χ0v) is 16.0. The van der Waals surface area contributed by atoms with E-state index in [0.29, 0.717) is 17.8 Å². The molecule has 27 heavy (non-hydrogen) atoms. The maximum absolute atomic E-state index is 12.3. The van der Waals surface area contributed by atoms with Gasteiger partial charge in [0.2, 0.25) is 0 Å². The van der Waals surface area contributed by atoms with E-state index in [1.54, 1.807) is 20.1 Å². The highest BCUT2D eigenvalue weighted by molar-refractivity contribution is 7.20. The van der Waals surface area contributed by atoms with Gasteiger partial charge in [-0.15, -0.1) is 11.3 Å². The van der Waals surface area contributed by atoms with Gasteiger partial charge >= 0.3 is 5.97 Å². The van der Waals surface area contributed by atoms with Crippen LogP contribution in [0.1, 0.15) is 22.2 Å². The lowest BCUT2D eigenvalue weighted by Crippen LogP contribution is -2.36. The van der Waals surface area contributed by atoms with E-state index >= 15 is 0 Å². The fourth-order valence-corrected chi connectivity index (χ4v) is 3.57. The molecule has 0 spiro atoms. The molecule has 1 heterocycles. The Morgan fingerprint density at radius 1 is 1.11 bits per heavy atom. The second-order valence-corrected chi connectivity index (χ2v) is 7.17. The summed E-state index contributed by atoms with van der Waals surface area (Å²) in [5, 5.41) is 3.79. The molecule has 0 aliphatic carbocycles. The van der Waals surface area contributed by atoms with Crippen LogP contribution in [0.5, 0.6) is 5.75 Å². The summed E-state index contributed by atoms with van der Waals surface area (Å²) < 4.78 is 11.4. The Bertz CT molecular complexity index is 900. The van der Waals surface area contributed by atoms with Crippen LogP contribution in [0.15, 0.2) is 54.6 Å². The van der Waals surface area contributed by atoms with Gasteiger partial charge in [0.1, 0.15) is 10.6 Å². The van der Waals surface area contributed by atoms with Crippen molar-refractivity contribution in [3.05, 3.63) is 65.0 Å². The monoisotopic (exact) mass is 383 g/mol. The first-order valence-electron chi connectivity index (χ1n) is 8.67. The molecular formula is C21H21NO4S. The Labute approximate surface area is 161 Å². The van der Waals surface area contributed by atoms with Gasteiger partial charge in [0.05, 0.1) is 7.11 Å². The van der Waals surface area contributed by atoms with Gasteiger partial charge in [-0.1, -0.05) is 30.3 Å². The summed E-state index contributed by atoms with van der Waals surface area (Å²) in [6.45, 7) is 2.05. The molecule has 2 aromatic carbocycles. The second-order valence-electron chi connectivity index (χ2n) is 6.09. The van der Waals surface area contributed by atoms with Crippen LogP contribution in [0.3, 0.4) is 0 Å². The van der Waals surface area contributed by atoms with Gasteiger partial charge in [0.15, 0.2) is 6.10 Å². The van der Waals surface area contributed by atoms with E-state index in [-0.39, 0.29) is 5.91 Å². The van der Waals surface area contributed by atoms with Crippen molar-refractivity contribution in [2.75, 3.05) is 13.7 Å². The first-order valence-corrected chi connectivity index (χ1v) is 9.48. The van der Waals surface area contributed by atoms with Crippen LogP contribution in [0, 0.1) is 0 Å². The molecule has 140 valence electrons. The summed E-state index contributed by atoms with van der Waals surface area (Å²) in [6.07, 6.45) is -0.161. The van der Waals surface area contributed by atoms with Crippen molar-refractivity contribution < 1.29 is 19.1 Å². The molecule has 0 aliphatic heterocycles. The molecule has 0 fully saturated rings. The minimum atomic E-state index is -0.849. The van der Waals surface area contributed by atoms with Crippen LogP contribution >= 0.6 is 11.3 Å². The summed E-state index contributed by atoms with van der Waals surface area (Å²) in [5.41, 5.74) is 1.09. The Kier molecular flexibility index (Phi) is 6.08. The highest BCUT2D eigenvalue weighted by atomic mass is 32.1. The molecule has 1 atom stereocenters. The molecule has 0 saturated carbocycles. The molecule has 0 bridgehead atoms. The number of ether oxygens (including phenoxy) is 2. The summed E-state index contributed by atoms with van der Waals surface area (Å²) >= 11 is 1.36. The fraction of sp³-hybridized carbons (Fsp3) is 0.238. The van der Waals surface area contributed by atoms with Crippen molar-refractivity contribution in [1.29, 1.82) is 0 Å². The number of methoxy groups -OCH3 is 1. The molecule has 0 saturated heterocycles. The Balaban J connectivity index is 1.48. The number of fused-ring (bicyclic) bond motifs is 1. The summed E-state index contributed by atoms with van der Waals surface area (Å²) in [6, 6.07) is 17.2. The quantitative estimate of drug-likeness (QED) is 0.630. The molecular weight excluding hydrogens is 362 g/mol. The van der Waals surface area contributed by atoms with Gasteiger partial charge in [-0.25, -0.2) is 4.79 Å². The summed E-state index contributed by atoms with van der Waals surface area (Å²) in [4.78, 5) is 24.9. The number of benzene rings is 2. The van der Waals surface area contributed by atoms with E-state index < -0.39 is 12.1 Å². The van der Waals surface area contributed by atoms with Gasteiger partial charge < -0.3 is 14.8 Å². The van der Waals surface area contributed by atoms with Crippen LogP contribution in [-0.2, 0) is 16.0 Å². The number of amides is 1. The Morgan fingerprint density at radius 3 is 2.56 bits per heavy atom. The first kappa shape index (κ1) is 18.9. The third kappa shape index (κ3) is 4.86. The topological polar surface area (TPSA) is 64.6 Å². The van der Waals surface area contributed by atoms with Crippen LogP contribution in [0.25, 0.3) is 10.1 Å². The SMILES string of the molecule is COc1ccc(CCNC(=O)[C@H](C)OC(=O)c2cc3ccccc3s2)cc1. The van der Waals surface area contributed by atoms with Gasteiger partial charge in [0.25, 0.3) is 5.91 Å². The lowest BCUT2D eigenvalue weighted by atomic mass is 10.1. The van der Waals surface area contributed by atoms with Gasteiger partial charge in [-0.3, -0.25) is 4.79 Å². The predicted octanol–water partition coefficient (Wildman–Crippen LogP) is 3.81. The van der Waals surface area contributed by atoms with Crippen molar-refractivity contribution in [2.24, 2.45) is 0 Å². The van der Waals surface area contributed by atoms with Crippen molar-refractivity contribution in [2.45, 2.75) is 19.4 Å². The fourth-order valence-electron chi connectivity index (χ4n) is 2.62. The van der Waals surface area contributed by atoms with E-state index in [0.717, 1.165) is 21.4 Å². The minimum absolute atomic E-state index is 0.307. The first-order chi connectivity index (χ1) is 13.1. The largest absolute Gasteiger partial charge is 0.497 e. The summed E-state index contributed by atoms with van der Waals surface area (Å²) in [7, 11) is 1.62. The van der Waals surface area contributed by atoms with Crippen LogP contribution in [0.4, 0.5) is 0 Å². The number of carbonyl (C=O) groups excluding carboxylic acids is 2. The molecule has 1 N–H and O–H groups in total. The number of hydrogen-bond donors (Lipinski definition) is 1. The third-order valence-electron chi connectivity index (χ3n) is 4.15. The molecule has 1 amide bonds. The Morgan fingerprint density at radius 2 is 1.85 bits per heavy atom. The average molecular weight is 383 g/mol. The predicted molar refractivity (Wildman–Crippen MR) is 106 cm³/mol. The lowest BCUT2D eigenvalue weighted by Gasteiger charge is -2.13. The molecule has 1 aromatic heterocycles. The summed E-state index contributed by atoms with van der Waals surface area (Å²) in [5.74, 6) is 0.0107. The minimum Gasteiger partial charge on any atom is -0.497 e. The number of thiophene rings is 1. The van der Waals surface area contributed by atoms with Crippen molar-refractivity contribution >= 4 is 33.3 Å². The maximum atomic E-state index is 12.3. The highest BCUT2D eigenvalue weighted by Gasteiger charge is 2.20. The van der Waals surface area contributed by atoms with Gasteiger partial charge in [0, 0.05) is 11.2 Å². The van der Waals surface area contributed by atoms with E-state index in [4.69, 9.17) is 9.47 Å². The van der Waals surface area contributed by atoms with Crippen molar-refractivity contribution in [1.82, 2.24) is 5.32 Å². The smallest absolute Gasteiger partial charge is 0.349 e. The number of hydrogen-bond acceptors (Lipinski definition) is 5. The highest BCUT2D eigenvalue weighted by Crippen LogP contribution is 2.26. The van der Waals surface area contributed by atoms with Crippen molar-refractivity contribution in [3.8, 4) is 5.75 Å². The van der Waals surface area contributed by atoms with E-state index in [9.17, 15) is 9.59 Å². The van der Waals surface area contributed by atoms with E-state index in [2.05, 4.69) is 5.32 Å². The van der Waals surface area contributed by atoms with Crippen molar-refractivity contribution in [3.63, 3.8) is 0 Å². The zero-order chi connectivity index (χ0) is 19.2. The molecule has 5 nitrogen and oxygen atoms in total. The van der Waals surface area contributed by atoms with E-state index in [1.807, 2.05) is 48.5 Å². The van der Waals surface area contributed by atoms with Gasteiger partial charge in [-0.2, -0.15) is 0 Å². The molecule has 6 heteroatoms. The Hall–Kier alpha value is -2.86. The second kappa shape index (κ2) is 8.68. The zero-order valence-electron chi connectivity index (χ0n) is 15.2. The third-order valence-corrected chi connectivity index (χ3v) is 5.25. The molecule has 3 aromatic rings. The number of rotatable bonds is 7. The molecule has 3 rings (SSSR count). The molecule has 0 aliphatic rings. The van der Waals surface area contributed by atoms with Gasteiger partial charge in [-0.05, 0) is 48.6 Å².